The van der Waals surface area contributed by atoms with Crippen molar-refractivity contribution in [2.45, 2.75) is 20.4 Å². The minimum Gasteiger partial charge on any atom is -0.469 e. The molecule has 17 heavy (non-hydrogen) atoms. The number of hydrogen-bond acceptors (Lipinski definition) is 4. The number of aromatic nitrogens is 2. The number of nitrogens with zero attached hydrogens (tertiary/aromatic N) is 3. The molecule has 0 unspecified atom stereocenters. The summed E-state index contributed by atoms with van der Waals surface area (Å²) in [6.07, 6.45) is 3.17. The van der Waals surface area contributed by atoms with Crippen molar-refractivity contribution >= 4 is 17.4 Å². The fourth-order valence-electron chi connectivity index (χ4n) is 1.71. The van der Waals surface area contributed by atoms with Crippen LogP contribution in [0.4, 0.5) is 5.82 Å². The number of hydrogen-bond donors (Lipinski definition) is 0. The van der Waals surface area contributed by atoms with Gasteiger partial charge in [-0.3, -0.25) is 0 Å². The van der Waals surface area contributed by atoms with Gasteiger partial charge in [0.15, 0.2) is 0 Å². The van der Waals surface area contributed by atoms with E-state index in [2.05, 4.69) is 9.97 Å². The van der Waals surface area contributed by atoms with Crippen molar-refractivity contribution < 1.29 is 4.42 Å². The molecule has 90 valence electrons. The Morgan fingerprint density at radius 3 is 2.76 bits per heavy atom. The van der Waals surface area contributed by atoms with Crippen LogP contribution in [0.15, 0.2) is 23.1 Å². The molecule has 5 heteroatoms. The molecule has 2 rings (SSSR count). The third kappa shape index (κ3) is 2.42. The first-order valence-electron chi connectivity index (χ1n) is 5.31. The number of rotatable bonds is 3. The monoisotopic (exact) mass is 251 g/mol. The van der Waals surface area contributed by atoms with Gasteiger partial charge in [-0.05, 0) is 19.9 Å². The maximum atomic E-state index is 5.97. The maximum absolute atomic E-state index is 5.97. The number of anilines is 1. The lowest BCUT2D eigenvalue weighted by atomic mass is 10.2. The van der Waals surface area contributed by atoms with Crippen LogP contribution >= 0.6 is 11.6 Å². The van der Waals surface area contributed by atoms with Gasteiger partial charge in [0.2, 0.25) is 0 Å². The second kappa shape index (κ2) is 4.75. The van der Waals surface area contributed by atoms with E-state index in [4.69, 9.17) is 16.0 Å². The van der Waals surface area contributed by atoms with E-state index in [0.29, 0.717) is 5.15 Å². The standard InChI is InChI=1S/C12H14ClN3O/c1-8-11(13)14-7-15-12(8)16(3)6-10-4-5-17-9(10)2/h4-5,7H,6H2,1-3H3. The molecule has 0 radical (unpaired) electrons. The van der Waals surface area contributed by atoms with Crippen molar-refractivity contribution in [3.8, 4) is 0 Å². The number of aryl methyl sites for hydroxylation is 1. The smallest absolute Gasteiger partial charge is 0.137 e. The summed E-state index contributed by atoms with van der Waals surface area (Å²) in [7, 11) is 1.97. The van der Waals surface area contributed by atoms with Crippen molar-refractivity contribution in [1.82, 2.24) is 9.97 Å². The average molecular weight is 252 g/mol. The zero-order chi connectivity index (χ0) is 12.4. The van der Waals surface area contributed by atoms with Gasteiger partial charge in [0.25, 0.3) is 0 Å². The van der Waals surface area contributed by atoms with Crippen LogP contribution in [0, 0.1) is 13.8 Å². The highest BCUT2D eigenvalue weighted by molar-refractivity contribution is 6.30. The molecule has 4 nitrogen and oxygen atoms in total. The Hall–Kier alpha value is -1.55. The van der Waals surface area contributed by atoms with Crippen LogP contribution in [0.1, 0.15) is 16.9 Å². The molecule has 0 N–H and O–H groups in total. The molecular weight excluding hydrogens is 238 g/mol. The van der Waals surface area contributed by atoms with Gasteiger partial charge in [0, 0.05) is 24.7 Å². The third-order valence-electron chi connectivity index (χ3n) is 2.73. The maximum Gasteiger partial charge on any atom is 0.137 e. The van der Waals surface area contributed by atoms with Crippen LogP contribution in [0.5, 0.6) is 0 Å². The van der Waals surface area contributed by atoms with Gasteiger partial charge in [-0.25, -0.2) is 9.97 Å². The molecule has 0 aromatic carbocycles. The molecule has 0 saturated carbocycles. The van der Waals surface area contributed by atoms with Crippen LogP contribution in [0.2, 0.25) is 5.15 Å². The zero-order valence-corrected chi connectivity index (χ0v) is 10.8. The van der Waals surface area contributed by atoms with E-state index in [1.807, 2.05) is 31.9 Å². The second-order valence-corrected chi connectivity index (χ2v) is 4.33. The Labute approximate surface area is 105 Å². The predicted molar refractivity (Wildman–Crippen MR) is 67.3 cm³/mol. The molecule has 0 fully saturated rings. The summed E-state index contributed by atoms with van der Waals surface area (Å²) in [4.78, 5) is 10.2. The van der Waals surface area contributed by atoms with Gasteiger partial charge in [0.1, 0.15) is 23.1 Å². The first kappa shape index (κ1) is 11.9. The molecule has 0 bridgehead atoms. The average Bonchev–Trinajstić information content (AvgIpc) is 2.68. The van der Waals surface area contributed by atoms with Crippen LogP contribution in [0.3, 0.4) is 0 Å². The fraction of sp³-hybridized carbons (Fsp3) is 0.333. The SMILES string of the molecule is Cc1occc1CN(C)c1ncnc(Cl)c1C. The van der Waals surface area contributed by atoms with Crippen molar-refractivity contribution in [2.24, 2.45) is 0 Å². The Balaban J connectivity index is 2.23. The summed E-state index contributed by atoms with van der Waals surface area (Å²) in [6.45, 7) is 4.59. The summed E-state index contributed by atoms with van der Waals surface area (Å²) < 4.78 is 5.27. The van der Waals surface area contributed by atoms with Gasteiger partial charge in [-0.1, -0.05) is 11.6 Å². The fourth-order valence-corrected chi connectivity index (χ4v) is 1.84. The third-order valence-corrected chi connectivity index (χ3v) is 3.11. The van der Waals surface area contributed by atoms with Crippen LogP contribution in [-0.2, 0) is 6.54 Å². The van der Waals surface area contributed by atoms with Crippen molar-refractivity contribution in [1.29, 1.82) is 0 Å². The molecule has 0 aliphatic carbocycles. The second-order valence-electron chi connectivity index (χ2n) is 3.97. The lowest BCUT2D eigenvalue weighted by Crippen LogP contribution is -2.19. The largest absolute Gasteiger partial charge is 0.469 e. The van der Waals surface area contributed by atoms with Crippen molar-refractivity contribution in [2.75, 3.05) is 11.9 Å². The predicted octanol–water partition coefficient (Wildman–Crippen LogP) is 2.98. The molecule has 0 saturated heterocycles. The Morgan fingerprint density at radius 1 is 1.35 bits per heavy atom. The highest BCUT2D eigenvalue weighted by atomic mass is 35.5. The lowest BCUT2D eigenvalue weighted by Gasteiger charge is -2.19. The first-order chi connectivity index (χ1) is 8.09. The molecule has 0 aliphatic heterocycles. The molecule has 0 aliphatic rings. The van der Waals surface area contributed by atoms with Gasteiger partial charge in [-0.15, -0.1) is 0 Å². The highest BCUT2D eigenvalue weighted by Crippen LogP contribution is 2.23. The highest BCUT2D eigenvalue weighted by Gasteiger charge is 2.11. The normalized spacial score (nSPS) is 10.6. The molecule has 0 amide bonds. The van der Waals surface area contributed by atoms with E-state index in [9.17, 15) is 0 Å². The Morgan fingerprint density at radius 2 is 2.12 bits per heavy atom. The Bertz CT molecular complexity index is 524. The van der Waals surface area contributed by atoms with Crippen LogP contribution < -0.4 is 4.90 Å². The summed E-state index contributed by atoms with van der Waals surface area (Å²) in [5.74, 6) is 1.76. The molecule has 2 aromatic rings. The molecule has 0 atom stereocenters. The van der Waals surface area contributed by atoms with Crippen LogP contribution in [0.25, 0.3) is 0 Å². The van der Waals surface area contributed by atoms with Gasteiger partial charge in [-0.2, -0.15) is 0 Å². The quantitative estimate of drug-likeness (QED) is 0.787. The van der Waals surface area contributed by atoms with Crippen molar-refractivity contribution in [3.05, 3.63) is 40.7 Å². The minimum atomic E-state index is 0.491. The van der Waals surface area contributed by atoms with Gasteiger partial charge < -0.3 is 9.32 Å². The van der Waals surface area contributed by atoms with Gasteiger partial charge >= 0.3 is 0 Å². The van der Waals surface area contributed by atoms with E-state index in [1.165, 1.54) is 6.33 Å². The minimum absolute atomic E-state index is 0.491. The van der Waals surface area contributed by atoms with Crippen molar-refractivity contribution in [3.63, 3.8) is 0 Å². The molecule has 2 heterocycles. The Kier molecular flexibility index (Phi) is 3.33. The van der Waals surface area contributed by atoms with E-state index >= 15 is 0 Å². The zero-order valence-electron chi connectivity index (χ0n) is 10.1. The van der Waals surface area contributed by atoms with Gasteiger partial charge in [0.05, 0.1) is 6.26 Å². The van der Waals surface area contributed by atoms with Crippen LogP contribution in [-0.4, -0.2) is 17.0 Å². The number of furan rings is 1. The van der Waals surface area contributed by atoms with E-state index < -0.39 is 0 Å². The topological polar surface area (TPSA) is 42.2 Å². The molecule has 2 aromatic heterocycles. The molecular formula is C12H14ClN3O. The molecule has 0 spiro atoms. The number of halogens is 1. The lowest BCUT2D eigenvalue weighted by molar-refractivity contribution is 0.529. The first-order valence-corrected chi connectivity index (χ1v) is 5.68. The van der Waals surface area contributed by atoms with E-state index in [0.717, 1.165) is 29.2 Å². The summed E-state index contributed by atoms with van der Waals surface area (Å²) in [5.41, 5.74) is 2.03. The summed E-state index contributed by atoms with van der Waals surface area (Å²) in [6, 6.07) is 1.96. The van der Waals surface area contributed by atoms with E-state index in [1.54, 1.807) is 6.26 Å². The summed E-state index contributed by atoms with van der Waals surface area (Å²) >= 11 is 5.97. The van der Waals surface area contributed by atoms with E-state index in [-0.39, 0.29) is 0 Å². The summed E-state index contributed by atoms with van der Waals surface area (Å²) in [5, 5.41) is 0.491.